The van der Waals surface area contributed by atoms with Crippen LogP contribution in [-0.2, 0) is 0 Å². The molecule has 0 saturated carbocycles. The molecule has 2 heterocycles. The number of rotatable bonds is 1. The number of nitrogens with one attached hydrogen (secondary N) is 1. The molecule has 1 aliphatic rings. The molecule has 2 rings (SSSR count). The lowest BCUT2D eigenvalue weighted by Crippen LogP contribution is -2.41. The molecule has 86 valence electrons. The van der Waals surface area contributed by atoms with E-state index in [4.69, 9.17) is 0 Å². The van der Waals surface area contributed by atoms with Crippen LogP contribution in [0.2, 0.25) is 0 Å². The van der Waals surface area contributed by atoms with Crippen LogP contribution in [0, 0.1) is 0 Å². The Kier molecular flexibility index (Phi) is 3.05. The van der Waals surface area contributed by atoms with Gasteiger partial charge in [-0.15, -0.1) is 0 Å². The fraction of sp³-hybridized carbons (Fsp3) is 0.455. The Morgan fingerprint density at radius 3 is 2.75 bits per heavy atom. The molecule has 0 unspecified atom stereocenters. The van der Waals surface area contributed by atoms with Crippen molar-refractivity contribution in [3.05, 3.63) is 34.2 Å². The monoisotopic (exact) mass is 222 g/mol. The summed E-state index contributed by atoms with van der Waals surface area (Å²) in [7, 11) is 0. The molecule has 1 aromatic rings. The molecular formula is C11H14N2O3. The number of hydrogen-bond acceptors (Lipinski definition) is 3. The molecule has 1 saturated heterocycles. The minimum atomic E-state index is -0.321. The topological polar surface area (TPSA) is 73.4 Å². The quantitative estimate of drug-likeness (QED) is 0.701. The van der Waals surface area contributed by atoms with Crippen molar-refractivity contribution in [1.82, 2.24) is 9.88 Å². The highest BCUT2D eigenvalue weighted by Crippen LogP contribution is 2.11. The Morgan fingerprint density at radius 1 is 1.44 bits per heavy atom. The van der Waals surface area contributed by atoms with E-state index >= 15 is 0 Å². The van der Waals surface area contributed by atoms with E-state index in [1.165, 1.54) is 18.5 Å². The van der Waals surface area contributed by atoms with Gasteiger partial charge in [0.15, 0.2) is 5.43 Å². The predicted molar refractivity (Wildman–Crippen MR) is 58.2 cm³/mol. The van der Waals surface area contributed by atoms with Gasteiger partial charge in [0, 0.05) is 31.5 Å². The second-order valence-corrected chi connectivity index (χ2v) is 3.95. The number of aliphatic hydroxyl groups is 1. The van der Waals surface area contributed by atoms with Gasteiger partial charge in [-0.2, -0.15) is 0 Å². The SMILES string of the molecule is O=C(c1c[nH]ccc1=O)N1CCC(O)CC1. The van der Waals surface area contributed by atoms with Crippen LogP contribution in [-0.4, -0.2) is 40.1 Å². The molecule has 0 atom stereocenters. The third-order valence-electron chi connectivity index (χ3n) is 2.81. The maximum absolute atomic E-state index is 12.0. The van der Waals surface area contributed by atoms with Gasteiger partial charge < -0.3 is 15.0 Å². The Morgan fingerprint density at radius 2 is 2.12 bits per heavy atom. The van der Waals surface area contributed by atoms with Gasteiger partial charge >= 0.3 is 0 Å². The number of pyridine rings is 1. The third kappa shape index (κ3) is 2.14. The summed E-state index contributed by atoms with van der Waals surface area (Å²) in [5.41, 5.74) is -0.103. The van der Waals surface area contributed by atoms with Crippen LogP contribution in [0.15, 0.2) is 23.3 Å². The van der Waals surface area contributed by atoms with Crippen molar-refractivity contribution in [2.75, 3.05) is 13.1 Å². The number of nitrogens with zero attached hydrogens (tertiary/aromatic N) is 1. The number of carbonyl (C=O) groups excluding carboxylic acids is 1. The zero-order valence-electron chi connectivity index (χ0n) is 8.85. The van der Waals surface area contributed by atoms with E-state index in [0.717, 1.165) is 0 Å². The van der Waals surface area contributed by atoms with E-state index in [-0.39, 0.29) is 23.0 Å². The van der Waals surface area contributed by atoms with Gasteiger partial charge in [-0.05, 0) is 12.8 Å². The van der Waals surface area contributed by atoms with E-state index in [2.05, 4.69) is 4.98 Å². The molecule has 1 amide bonds. The van der Waals surface area contributed by atoms with Crippen molar-refractivity contribution in [3.8, 4) is 0 Å². The molecule has 1 aliphatic heterocycles. The zero-order chi connectivity index (χ0) is 11.5. The Bertz CT molecular complexity index is 433. The van der Waals surface area contributed by atoms with E-state index in [0.29, 0.717) is 25.9 Å². The average Bonchev–Trinajstić information content (AvgIpc) is 2.30. The molecule has 0 aliphatic carbocycles. The van der Waals surface area contributed by atoms with E-state index in [9.17, 15) is 14.7 Å². The highest BCUT2D eigenvalue weighted by molar-refractivity contribution is 5.93. The summed E-state index contributed by atoms with van der Waals surface area (Å²) in [5, 5.41) is 9.33. The highest BCUT2D eigenvalue weighted by atomic mass is 16.3. The molecular weight excluding hydrogens is 208 g/mol. The molecule has 1 fully saturated rings. The molecule has 16 heavy (non-hydrogen) atoms. The number of amides is 1. The van der Waals surface area contributed by atoms with Crippen molar-refractivity contribution in [1.29, 1.82) is 0 Å². The molecule has 1 aromatic heterocycles. The fourth-order valence-electron chi connectivity index (χ4n) is 1.82. The maximum atomic E-state index is 12.0. The molecule has 0 aromatic carbocycles. The van der Waals surface area contributed by atoms with E-state index in [1.807, 2.05) is 0 Å². The summed E-state index contributed by atoms with van der Waals surface area (Å²) in [4.78, 5) is 27.7. The first-order valence-corrected chi connectivity index (χ1v) is 5.33. The van der Waals surface area contributed by atoms with E-state index < -0.39 is 0 Å². The lowest BCUT2D eigenvalue weighted by atomic mass is 10.1. The van der Waals surface area contributed by atoms with Crippen molar-refractivity contribution in [3.63, 3.8) is 0 Å². The first-order chi connectivity index (χ1) is 7.68. The summed E-state index contributed by atoms with van der Waals surface area (Å²) in [6, 6.07) is 1.34. The number of carbonyl (C=O) groups is 1. The summed E-state index contributed by atoms with van der Waals surface area (Å²) < 4.78 is 0. The second-order valence-electron chi connectivity index (χ2n) is 3.95. The first kappa shape index (κ1) is 10.9. The smallest absolute Gasteiger partial charge is 0.259 e. The number of H-pyrrole nitrogens is 1. The molecule has 5 nitrogen and oxygen atoms in total. The lowest BCUT2D eigenvalue weighted by Gasteiger charge is -2.29. The normalized spacial score (nSPS) is 17.4. The number of aromatic amines is 1. The lowest BCUT2D eigenvalue weighted by molar-refractivity contribution is 0.0545. The van der Waals surface area contributed by atoms with E-state index in [1.54, 1.807) is 4.90 Å². The van der Waals surface area contributed by atoms with Crippen molar-refractivity contribution >= 4 is 5.91 Å². The molecule has 0 radical (unpaired) electrons. The summed E-state index contributed by atoms with van der Waals surface area (Å²) in [6.07, 6.45) is 3.76. The van der Waals surface area contributed by atoms with Gasteiger partial charge in [0.1, 0.15) is 5.56 Å². The largest absolute Gasteiger partial charge is 0.393 e. The molecule has 0 bridgehead atoms. The Balaban J connectivity index is 2.14. The Hall–Kier alpha value is -1.62. The summed E-state index contributed by atoms with van der Waals surface area (Å²) in [5.74, 6) is -0.256. The third-order valence-corrected chi connectivity index (χ3v) is 2.81. The van der Waals surface area contributed by atoms with Gasteiger partial charge in [0.2, 0.25) is 0 Å². The number of piperidine rings is 1. The van der Waals surface area contributed by atoms with Crippen LogP contribution in [0.1, 0.15) is 23.2 Å². The van der Waals surface area contributed by atoms with Gasteiger partial charge in [0.25, 0.3) is 5.91 Å². The van der Waals surface area contributed by atoms with Crippen molar-refractivity contribution in [2.45, 2.75) is 18.9 Å². The van der Waals surface area contributed by atoms with Crippen LogP contribution in [0.5, 0.6) is 0 Å². The fourth-order valence-corrected chi connectivity index (χ4v) is 1.82. The van der Waals surface area contributed by atoms with Gasteiger partial charge in [-0.3, -0.25) is 9.59 Å². The van der Waals surface area contributed by atoms with Crippen LogP contribution in [0.4, 0.5) is 0 Å². The van der Waals surface area contributed by atoms with Crippen LogP contribution in [0.25, 0.3) is 0 Å². The van der Waals surface area contributed by atoms with Crippen LogP contribution in [0.3, 0.4) is 0 Å². The number of hydrogen-bond donors (Lipinski definition) is 2. The first-order valence-electron chi connectivity index (χ1n) is 5.33. The van der Waals surface area contributed by atoms with Gasteiger partial charge in [-0.1, -0.05) is 0 Å². The Labute approximate surface area is 92.7 Å². The number of aromatic nitrogens is 1. The van der Waals surface area contributed by atoms with Crippen molar-refractivity contribution in [2.24, 2.45) is 0 Å². The van der Waals surface area contributed by atoms with Crippen LogP contribution >= 0.6 is 0 Å². The minimum Gasteiger partial charge on any atom is -0.393 e. The summed E-state index contributed by atoms with van der Waals surface area (Å²) in [6.45, 7) is 1.02. The minimum absolute atomic E-state index is 0.166. The second kappa shape index (κ2) is 4.49. The maximum Gasteiger partial charge on any atom is 0.259 e. The average molecular weight is 222 g/mol. The molecule has 0 spiro atoms. The predicted octanol–water partition coefficient (Wildman–Crippen LogP) is -0.0282. The van der Waals surface area contributed by atoms with Gasteiger partial charge in [0.05, 0.1) is 6.10 Å². The van der Waals surface area contributed by atoms with Gasteiger partial charge in [-0.25, -0.2) is 0 Å². The number of likely N-dealkylation sites (tertiary alicyclic amines) is 1. The molecule has 5 heteroatoms. The molecule has 2 N–H and O–H groups in total. The van der Waals surface area contributed by atoms with Crippen LogP contribution < -0.4 is 5.43 Å². The number of aliphatic hydroxyl groups excluding tert-OH is 1. The standard InChI is InChI=1S/C11H14N2O3/c14-8-2-5-13(6-3-8)11(16)9-7-12-4-1-10(9)15/h1,4,7-8,14H,2-3,5-6H2,(H,12,15). The highest BCUT2D eigenvalue weighted by Gasteiger charge is 2.23. The van der Waals surface area contributed by atoms with Crippen molar-refractivity contribution < 1.29 is 9.90 Å². The zero-order valence-corrected chi connectivity index (χ0v) is 8.85. The summed E-state index contributed by atoms with van der Waals surface area (Å²) >= 11 is 0.